The number of halogens is 1. The molecule has 1 aromatic rings. The van der Waals surface area contributed by atoms with Gasteiger partial charge in [0.25, 0.3) is 0 Å². The molecule has 1 rings (SSSR count). The maximum atomic E-state index is 6.21. The first-order valence-electron chi connectivity index (χ1n) is 7.62. The highest BCUT2D eigenvalue weighted by atomic mass is 127. The standard InChI is InChI=1S/C17H29IO2Si/c1-17(2,3)21(4,5)20-12-11-16(18)14-19-13-15-9-7-6-8-10-15/h6-10,16H,11-14H2,1-5H3. The summed E-state index contributed by atoms with van der Waals surface area (Å²) in [6.45, 7) is 13.8. The number of ether oxygens (including phenoxy) is 1. The first-order chi connectivity index (χ1) is 9.72. The number of alkyl halides is 1. The summed E-state index contributed by atoms with van der Waals surface area (Å²) in [5.41, 5.74) is 1.23. The topological polar surface area (TPSA) is 18.5 Å². The summed E-state index contributed by atoms with van der Waals surface area (Å²) in [6, 6.07) is 10.3. The zero-order chi connectivity index (χ0) is 15.9. The highest BCUT2D eigenvalue weighted by molar-refractivity contribution is 14.1. The molecule has 21 heavy (non-hydrogen) atoms. The monoisotopic (exact) mass is 420 g/mol. The second-order valence-corrected chi connectivity index (χ2v) is 13.6. The molecule has 1 atom stereocenters. The van der Waals surface area contributed by atoms with E-state index in [2.05, 4.69) is 68.6 Å². The Morgan fingerprint density at radius 3 is 2.33 bits per heavy atom. The lowest BCUT2D eigenvalue weighted by atomic mass is 10.2. The molecule has 0 saturated carbocycles. The third-order valence-electron chi connectivity index (χ3n) is 4.11. The molecule has 0 aliphatic rings. The van der Waals surface area contributed by atoms with Crippen LogP contribution in [0.25, 0.3) is 0 Å². The van der Waals surface area contributed by atoms with E-state index in [9.17, 15) is 0 Å². The maximum absolute atomic E-state index is 6.21. The van der Waals surface area contributed by atoms with Crippen LogP contribution in [0, 0.1) is 0 Å². The van der Waals surface area contributed by atoms with E-state index in [-0.39, 0.29) is 5.04 Å². The summed E-state index contributed by atoms with van der Waals surface area (Å²) in [5.74, 6) is 0. The van der Waals surface area contributed by atoms with Crippen molar-refractivity contribution in [2.75, 3.05) is 13.2 Å². The number of rotatable bonds is 8. The summed E-state index contributed by atoms with van der Waals surface area (Å²) in [7, 11) is -1.60. The number of hydrogen-bond acceptors (Lipinski definition) is 2. The van der Waals surface area contributed by atoms with Crippen LogP contribution >= 0.6 is 22.6 Å². The van der Waals surface area contributed by atoms with E-state index in [0.717, 1.165) is 19.6 Å². The fourth-order valence-electron chi connectivity index (χ4n) is 1.62. The molecule has 0 spiro atoms. The molecule has 0 aliphatic carbocycles. The molecule has 120 valence electrons. The van der Waals surface area contributed by atoms with Crippen LogP contribution in [0.1, 0.15) is 32.8 Å². The molecule has 0 fully saturated rings. The Hall–Kier alpha value is 0.0869. The van der Waals surface area contributed by atoms with Gasteiger partial charge in [-0.1, -0.05) is 73.7 Å². The Morgan fingerprint density at radius 1 is 1.14 bits per heavy atom. The van der Waals surface area contributed by atoms with Crippen LogP contribution in [0.4, 0.5) is 0 Å². The Morgan fingerprint density at radius 2 is 1.76 bits per heavy atom. The van der Waals surface area contributed by atoms with E-state index >= 15 is 0 Å². The highest BCUT2D eigenvalue weighted by Crippen LogP contribution is 2.36. The van der Waals surface area contributed by atoms with Crippen molar-refractivity contribution in [2.24, 2.45) is 0 Å². The number of hydrogen-bond donors (Lipinski definition) is 0. The summed E-state index contributed by atoms with van der Waals surface area (Å²) in [6.07, 6.45) is 1.06. The van der Waals surface area contributed by atoms with Crippen molar-refractivity contribution in [3.63, 3.8) is 0 Å². The lowest BCUT2D eigenvalue weighted by Gasteiger charge is -2.36. The van der Waals surface area contributed by atoms with Crippen LogP contribution in [0.5, 0.6) is 0 Å². The molecular weight excluding hydrogens is 391 g/mol. The summed E-state index contributed by atoms with van der Waals surface area (Å²) in [5, 5.41) is 0.289. The quantitative estimate of drug-likeness (QED) is 0.318. The SMILES string of the molecule is CC(C)(C)[Si](C)(C)OCCC(I)COCc1ccccc1. The third kappa shape index (κ3) is 7.26. The van der Waals surface area contributed by atoms with E-state index in [1.807, 2.05) is 18.2 Å². The van der Waals surface area contributed by atoms with Gasteiger partial charge >= 0.3 is 0 Å². The summed E-state index contributed by atoms with van der Waals surface area (Å²) >= 11 is 2.47. The Balaban J connectivity index is 2.18. The Labute approximate surface area is 144 Å². The fraction of sp³-hybridized carbons (Fsp3) is 0.647. The van der Waals surface area contributed by atoms with E-state index in [0.29, 0.717) is 10.5 Å². The van der Waals surface area contributed by atoms with Gasteiger partial charge < -0.3 is 9.16 Å². The average Bonchev–Trinajstić information content (AvgIpc) is 2.38. The molecular formula is C17H29IO2Si. The molecule has 0 saturated heterocycles. The van der Waals surface area contributed by atoms with E-state index in [4.69, 9.17) is 9.16 Å². The van der Waals surface area contributed by atoms with Crippen molar-refractivity contribution in [1.82, 2.24) is 0 Å². The number of benzene rings is 1. The smallest absolute Gasteiger partial charge is 0.191 e. The van der Waals surface area contributed by atoms with Crippen molar-refractivity contribution in [3.8, 4) is 0 Å². The molecule has 0 aromatic heterocycles. The van der Waals surface area contributed by atoms with Crippen LogP contribution < -0.4 is 0 Å². The predicted molar refractivity (Wildman–Crippen MR) is 102 cm³/mol. The Kier molecular flexibility index (Phi) is 7.88. The largest absolute Gasteiger partial charge is 0.417 e. The van der Waals surface area contributed by atoms with Gasteiger partial charge in [-0.2, -0.15) is 0 Å². The molecule has 0 amide bonds. The van der Waals surface area contributed by atoms with Gasteiger partial charge in [-0.05, 0) is 30.1 Å². The van der Waals surface area contributed by atoms with Crippen LogP contribution in [0.2, 0.25) is 18.1 Å². The molecule has 1 unspecified atom stereocenters. The van der Waals surface area contributed by atoms with Crippen molar-refractivity contribution in [3.05, 3.63) is 35.9 Å². The van der Waals surface area contributed by atoms with E-state index in [1.54, 1.807) is 0 Å². The minimum atomic E-state index is -1.60. The van der Waals surface area contributed by atoms with E-state index in [1.165, 1.54) is 5.56 Å². The van der Waals surface area contributed by atoms with Crippen LogP contribution in [0.3, 0.4) is 0 Å². The van der Waals surface area contributed by atoms with Gasteiger partial charge in [0.1, 0.15) is 0 Å². The summed E-state index contributed by atoms with van der Waals surface area (Å²) in [4.78, 5) is 0. The highest BCUT2D eigenvalue weighted by Gasteiger charge is 2.36. The van der Waals surface area contributed by atoms with Gasteiger partial charge in [0.05, 0.1) is 13.2 Å². The average molecular weight is 420 g/mol. The van der Waals surface area contributed by atoms with Gasteiger partial charge in [0.2, 0.25) is 0 Å². The van der Waals surface area contributed by atoms with Crippen molar-refractivity contribution in [2.45, 2.75) is 55.9 Å². The third-order valence-corrected chi connectivity index (χ3v) is 9.63. The zero-order valence-corrected chi connectivity index (χ0v) is 17.1. The van der Waals surface area contributed by atoms with Gasteiger partial charge in [0, 0.05) is 10.5 Å². The second-order valence-electron chi connectivity index (χ2n) is 7.00. The van der Waals surface area contributed by atoms with Crippen LogP contribution in [-0.4, -0.2) is 25.5 Å². The fourth-order valence-corrected chi connectivity index (χ4v) is 3.19. The molecule has 1 aromatic carbocycles. The first kappa shape index (κ1) is 19.1. The van der Waals surface area contributed by atoms with Crippen molar-refractivity contribution >= 4 is 30.9 Å². The molecule has 0 radical (unpaired) electrons. The van der Waals surface area contributed by atoms with Crippen LogP contribution in [-0.2, 0) is 15.8 Å². The minimum Gasteiger partial charge on any atom is -0.417 e. The lowest BCUT2D eigenvalue weighted by molar-refractivity contribution is 0.119. The van der Waals surface area contributed by atoms with Gasteiger partial charge in [0.15, 0.2) is 8.32 Å². The van der Waals surface area contributed by atoms with Gasteiger partial charge in [-0.25, -0.2) is 0 Å². The zero-order valence-electron chi connectivity index (χ0n) is 14.0. The second kappa shape index (κ2) is 8.65. The maximum Gasteiger partial charge on any atom is 0.191 e. The van der Waals surface area contributed by atoms with Crippen molar-refractivity contribution in [1.29, 1.82) is 0 Å². The lowest BCUT2D eigenvalue weighted by Crippen LogP contribution is -2.41. The predicted octanol–water partition coefficient (Wildman–Crippen LogP) is 5.42. The Bertz CT molecular complexity index is 401. The summed E-state index contributed by atoms with van der Waals surface area (Å²) < 4.78 is 12.5. The molecule has 0 aliphatic heterocycles. The normalized spacial score (nSPS) is 14.2. The van der Waals surface area contributed by atoms with Crippen molar-refractivity contribution < 1.29 is 9.16 Å². The molecule has 4 heteroatoms. The molecule has 0 N–H and O–H groups in total. The van der Waals surface area contributed by atoms with E-state index < -0.39 is 8.32 Å². The minimum absolute atomic E-state index is 0.289. The van der Waals surface area contributed by atoms with Crippen LogP contribution in [0.15, 0.2) is 30.3 Å². The first-order valence-corrected chi connectivity index (χ1v) is 11.8. The molecule has 0 bridgehead atoms. The molecule has 0 heterocycles. The van der Waals surface area contributed by atoms with Gasteiger partial charge in [-0.3, -0.25) is 0 Å². The van der Waals surface area contributed by atoms with Gasteiger partial charge in [-0.15, -0.1) is 0 Å². The molecule has 2 nitrogen and oxygen atoms in total.